The molecule has 0 aromatic heterocycles. The van der Waals surface area contributed by atoms with Crippen molar-refractivity contribution in [1.29, 1.82) is 0 Å². The Labute approximate surface area is 156 Å². The van der Waals surface area contributed by atoms with Gasteiger partial charge >= 0.3 is 6.18 Å². The highest BCUT2D eigenvalue weighted by Crippen LogP contribution is 2.35. The highest BCUT2D eigenvalue weighted by atomic mass is 19.4. The first kappa shape index (κ1) is 19.8. The second kappa shape index (κ2) is 7.57. The van der Waals surface area contributed by atoms with Crippen LogP contribution < -0.4 is 10.6 Å². The molecule has 1 aliphatic rings. The van der Waals surface area contributed by atoms with Crippen LogP contribution in [-0.2, 0) is 15.8 Å². The summed E-state index contributed by atoms with van der Waals surface area (Å²) in [6.07, 6.45) is -4.20. The summed E-state index contributed by atoms with van der Waals surface area (Å²) in [5.41, 5.74) is -0.892. The summed E-state index contributed by atoms with van der Waals surface area (Å²) >= 11 is 0. The summed E-state index contributed by atoms with van der Waals surface area (Å²) in [4.78, 5) is 24.9. The Morgan fingerprint density at radius 1 is 1.07 bits per heavy atom. The van der Waals surface area contributed by atoms with E-state index in [1.807, 2.05) is 0 Å². The van der Waals surface area contributed by atoms with Gasteiger partial charge in [0.15, 0.2) is 11.6 Å². The summed E-state index contributed by atoms with van der Waals surface area (Å²) in [7, 11) is 0. The number of benzene rings is 2. The molecule has 4 nitrogen and oxygen atoms in total. The van der Waals surface area contributed by atoms with Crippen molar-refractivity contribution >= 4 is 17.5 Å². The van der Waals surface area contributed by atoms with Crippen LogP contribution in [0, 0.1) is 17.6 Å². The fourth-order valence-electron chi connectivity index (χ4n) is 3.20. The number of halogens is 5. The maximum atomic E-state index is 13.8. The van der Waals surface area contributed by atoms with Gasteiger partial charge in [-0.3, -0.25) is 9.59 Å². The van der Waals surface area contributed by atoms with Gasteiger partial charge in [-0.15, -0.1) is 0 Å². The van der Waals surface area contributed by atoms with E-state index in [1.165, 1.54) is 18.2 Å². The first-order valence-corrected chi connectivity index (χ1v) is 8.38. The van der Waals surface area contributed by atoms with Crippen molar-refractivity contribution in [3.63, 3.8) is 0 Å². The van der Waals surface area contributed by atoms with Gasteiger partial charge in [-0.2, -0.15) is 13.2 Å². The van der Waals surface area contributed by atoms with Gasteiger partial charge in [-0.25, -0.2) is 8.78 Å². The van der Waals surface area contributed by atoms with Gasteiger partial charge in [0, 0.05) is 12.5 Å². The molecule has 28 heavy (non-hydrogen) atoms. The Morgan fingerprint density at radius 3 is 2.39 bits per heavy atom. The van der Waals surface area contributed by atoms with Crippen LogP contribution >= 0.6 is 0 Å². The average Bonchev–Trinajstić information content (AvgIpc) is 2.64. The van der Waals surface area contributed by atoms with Crippen molar-refractivity contribution in [1.82, 2.24) is 5.32 Å². The lowest BCUT2D eigenvalue weighted by Crippen LogP contribution is -2.46. The van der Waals surface area contributed by atoms with Crippen LogP contribution in [-0.4, -0.2) is 18.4 Å². The molecular weight excluding hydrogens is 383 g/mol. The monoisotopic (exact) mass is 398 g/mol. The minimum atomic E-state index is -4.51. The van der Waals surface area contributed by atoms with Crippen LogP contribution in [0.1, 0.15) is 23.5 Å². The molecule has 0 spiro atoms. The van der Waals surface area contributed by atoms with E-state index in [4.69, 9.17) is 0 Å². The number of rotatable bonds is 3. The van der Waals surface area contributed by atoms with E-state index >= 15 is 0 Å². The summed E-state index contributed by atoms with van der Waals surface area (Å²) < 4.78 is 65.4. The number of anilines is 1. The number of carbonyl (C=O) groups excluding carboxylic acids is 2. The molecule has 2 N–H and O–H groups in total. The number of hydrogen-bond acceptors (Lipinski definition) is 2. The lowest BCUT2D eigenvalue weighted by Gasteiger charge is -2.30. The van der Waals surface area contributed by atoms with Gasteiger partial charge in [0.2, 0.25) is 11.8 Å². The van der Waals surface area contributed by atoms with E-state index in [0.717, 1.165) is 24.3 Å². The molecule has 2 atom stereocenters. The Morgan fingerprint density at radius 2 is 1.75 bits per heavy atom. The minimum absolute atomic E-state index is 0.239. The fourth-order valence-corrected chi connectivity index (χ4v) is 3.20. The molecular formula is C19H15F5N2O2. The minimum Gasteiger partial charge on any atom is -0.355 e. The standard InChI is InChI=1S/C19H15F5N2O2/c20-13-2-1-3-14(16(13)21)26-18(28)15-12(8-9-25-17(15)27)10-4-6-11(7-5-10)19(22,23)24/h1-7,12,15H,8-9H2,(H,25,27)(H,26,28)/t12?,15-/m1/s1. The fraction of sp³-hybridized carbons (Fsp3) is 0.263. The SMILES string of the molecule is O=C1NCCC(c2ccc(C(F)(F)F)cc2)[C@H]1C(=O)Nc1cccc(F)c1F. The summed E-state index contributed by atoms with van der Waals surface area (Å²) in [6, 6.07) is 7.41. The van der Waals surface area contributed by atoms with Gasteiger partial charge in [0.1, 0.15) is 5.92 Å². The van der Waals surface area contributed by atoms with Crippen LogP contribution in [0.2, 0.25) is 0 Å². The average molecular weight is 398 g/mol. The third kappa shape index (κ3) is 3.97. The zero-order chi connectivity index (χ0) is 20.5. The third-order valence-corrected chi connectivity index (χ3v) is 4.60. The molecule has 1 saturated heterocycles. The highest BCUT2D eigenvalue weighted by Gasteiger charge is 2.39. The Bertz CT molecular complexity index is 896. The molecule has 9 heteroatoms. The molecule has 2 aromatic carbocycles. The van der Waals surface area contributed by atoms with E-state index in [1.54, 1.807) is 0 Å². The second-order valence-electron chi connectivity index (χ2n) is 6.37. The third-order valence-electron chi connectivity index (χ3n) is 4.60. The summed E-state index contributed by atoms with van der Waals surface area (Å²) in [6.45, 7) is 0.239. The van der Waals surface area contributed by atoms with E-state index in [-0.39, 0.29) is 6.54 Å². The molecule has 2 aromatic rings. The lowest BCUT2D eigenvalue weighted by molar-refractivity contribution is -0.138. The van der Waals surface area contributed by atoms with Gasteiger partial charge in [-0.05, 0) is 36.2 Å². The first-order chi connectivity index (χ1) is 13.2. The molecule has 1 fully saturated rings. The first-order valence-electron chi connectivity index (χ1n) is 8.38. The van der Waals surface area contributed by atoms with Crippen molar-refractivity contribution < 1.29 is 31.5 Å². The van der Waals surface area contributed by atoms with E-state index in [2.05, 4.69) is 10.6 Å². The number of piperidine rings is 1. The number of alkyl halides is 3. The predicted octanol–water partition coefficient (Wildman–Crippen LogP) is 3.84. The molecule has 1 unspecified atom stereocenters. The number of hydrogen-bond donors (Lipinski definition) is 2. The van der Waals surface area contributed by atoms with Crippen molar-refractivity contribution in [2.45, 2.75) is 18.5 Å². The molecule has 0 aliphatic carbocycles. The summed E-state index contributed by atoms with van der Waals surface area (Å²) in [5, 5.41) is 4.70. The molecule has 3 rings (SSSR count). The molecule has 148 valence electrons. The van der Waals surface area contributed by atoms with Crippen LogP contribution in [0.4, 0.5) is 27.6 Å². The van der Waals surface area contributed by atoms with E-state index in [9.17, 15) is 31.5 Å². The van der Waals surface area contributed by atoms with Crippen molar-refractivity contribution in [2.24, 2.45) is 5.92 Å². The normalized spacial score (nSPS) is 19.8. The van der Waals surface area contributed by atoms with Crippen LogP contribution in [0.5, 0.6) is 0 Å². The molecule has 1 aliphatic heterocycles. The Balaban J connectivity index is 1.87. The molecule has 2 amide bonds. The highest BCUT2D eigenvalue weighted by molar-refractivity contribution is 6.07. The molecule has 1 heterocycles. The zero-order valence-electron chi connectivity index (χ0n) is 14.3. The van der Waals surface area contributed by atoms with Gasteiger partial charge in [-0.1, -0.05) is 18.2 Å². The Hall–Kier alpha value is -2.97. The zero-order valence-corrected chi connectivity index (χ0v) is 14.3. The van der Waals surface area contributed by atoms with Crippen LogP contribution in [0.15, 0.2) is 42.5 Å². The Kier molecular flexibility index (Phi) is 5.35. The topological polar surface area (TPSA) is 58.2 Å². The van der Waals surface area contributed by atoms with Crippen molar-refractivity contribution in [3.8, 4) is 0 Å². The van der Waals surface area contributed by atoms with Gasteiger partial charge in [0.05, 0.1) is 11.3 Å². The predicted molar refractivity (Wildman–Crippen MR) is 90.3 cm³/mol. The van der Waals surface area contributed by atoms with Crippen LogP contribution in [0.25, 0.3) is 0 Å². The smallest absolute Gasteiger partial charge is 0.355 e. The van der Waals surface area contributed by atoms with E-state index < -0.39 is 52.7 Å². The largest absolute Gasteiger partial charge is 0.416 e. The maximum Gasteiger partial charge on any atom is 0.416 e. The number of carbonyl (C=O) groups is 2. The second-order valence-corrected chi connectivity index (χ2v) is 6.37. The van der Waals surface area contributed by atoms with Gasteiger partial charge < -0.3 is 10.6 Å². The van der Waals surface area contributed by atoms with Crippen molar-refractivity contribution in [2.75, 3.05) is 11.9 Å². The molecule has 0 radical (unpaired) electrons. The van der Waals surface area contributed by atoms with Gasteiger partial charge in [0.25, 0.3) is 0 Å². The maximum absolute atomic E-state index is 13.8. The van der Waals surface area contributed by atoms with Crippen molar-refractivity contribution in [3.05, 3.63) is 65.2 Å². The quantitative estimate of drug-likeness (QED) is 0.610. The summed E-state index contributed by atoms with van der Waals surface area (Å²) in [5.74, 6) is -5.93. The van der Waals surface area contributed by atoms with E-state index in [0.29, 0.717) is 12.0 Å². The lowest BCUT2D eigenvalue weighted by atomic mass is 9.79. The number of nitrogens with one attached hydrogen (secondary N) is 2. The number of amides is 2. The molecule has 0 bridgehead atoms. The van der Waals surface area contributed by atoms with Crippen LogP contribution in [0.3, 0.4) is 0 Å². The molecule has 0 saturated carbocycles.